The molecule has 5 aromatic carbocycles. The van der Waals surface area contributed by atoms with Crippen LogP contribution >= 0.6 is 23.4 Å². The molecule has 2 aromatic heterocycles. The summed E-state index contributed by atoms with van der Waals surface area (Å²) in [5, 5.41) is 24.6. The first-order chi connectivity index (χ1) is 36.0. The third-order valence-electron chi connectivity index (χ3n) is 14.8. The van der Waals surface area contributed by atoms with E-state index in [4.69, 9.17) is 40.4 Å². The van der Waals surface area contributed by atoms with Gasteiger partial charge in [-0.25, -0.2) is 13.2 Å². The highest BCUT2D eigenvalue weighted by Crippen LogP contribution is 2.52. The number of aromatic nitrogens is 4. The molecular weight excluding hydrogens is 1040 g/mol. The molecule has 0 aliphatic heterocycles. The van der Waals surface area contributed by atoms with Gasteiger partial charge in [0, 0.05) is 81.8 Å². The van der Waals surface area contributed by atoms with Gasteiger partial charge in [-0.2, -0.15) is 14.5 Å². The Labute approximate surface area is 455 Å². The van der Waals surface area contributed by atoms with Crippen molar-refractivity contribution < 1.29 is 36.8 Å². The fourth-order valence-electron chi connectivity index (χ4n) is 9.55. The van der Waals surface area contributed by atoms with E-state index in [1.807, 2.05) is 86.6 Å². The normalized spacial score (nSPS) is 13.9. The number of methoxy groups -OCH3 is 2. The summed E-state index contributed by atoms with van der Waals surface area (Å²) >= 11 is 8.84. The van der Waals surface area contributed by atoms with Gasteiger partial charge in [-0.1, -0.05) is 87.0 Å². The van der Waals surface area contributed by atoms with Gasteiger partial charge in [0.25, 0.3) is 15.7 Å². The van der Waals surface area contributed by atoms with E-state index in [2.05, 4.69) is 39.9 Å². The minimum atomic E-state index is -4.63. The lowest BCUT2D eigenvalue weighted by molar-refractivity contribution is -0.387. The maximum absolute atomic E-state index is 15.1. The summed E-state index contributed by atoms with van der Waals surface area (Å²) in [6.07, 6.45) is 1.30. The number of thioether (sulfide) groups is 1. The van der Waals surface area contributed by atoms with E-state index in [1.165, 1.54) is 35.7 Å². The first-order valence-electron chi connectivity index (χ1n) is 25.0. The number of fused-ring (bicyclic) bond motifs is 2. The van der Waals surface area contributed by atoms with Gasteiger partial charge in [-0.15, -0.1) is 11.8 Å². The summed E-state index contributed by atoms with van der Waals surface area (Å²) in [6, 6.07) is 30.8. The number of halogens is 1. The van der Waals surface area contributed by atoms with Crippen LogP contribution in [0.5, 0.6) is 11.5 Å². The summed E-state index contributed by atoms with van der Waals surface area (Å²) in [6.45, 7) is 15.1. The Morgan fingerprint density at radius 1 is 0.895 bits per heavy atom. The Hall–Kier alpha value is -6.28. The molecule has 76 heavy (non-hydrogen) atoms. The largest absolute Gasteiger partial charge is 0.497 e. The van der Waals surface area contributed by atoms with Crippen LogP contribution in [0.25, 0.3) is 27.5 Å². The number of para-hydroxylation sites is 1. The van der Waals surface area contributed by atoms with Gasteiger partial charge in [0.05, 0.1) is 43.6 Å². The van der Waals surface area contributed by atoms with Crippen LogP contribution in [0.1, 0.15) is 85.9 Å². The number of hydrogen-bond acceptors (Lipinski definition) is 12. The van der Waals surface area contributed by atoms with E-state index in [9.17, 15) is 14.9 Å². The number of rotatable bonds is 21. The molecular formula is C57H65ClN6O9S2Si. The summed E-state index contributed by atoms with van der Waals surface area (Å²) in [7, 11) is -0.0877. The highest BCUT2D eigenvalue weighted by atomic mass is 35.5. The van der Waals surface area contributed by atoms with E-state index >= 15 is 8.42 Å². The summed E-state index contributed by atoms with van der Waals surface area (Å²) in [4.78, 5) is 26.0. The maximum atomic E-state index is 15.1. The second-order valence-electron chi connectivity index (χ2n) is 20.6. The number of nitro groups is 1. The van der Waals surface area contributed by atoms with E-state index < -0.39 is 39.8 Å². The average Bonchev–Trinajstić information content (AvgIpc) is 4.00. The molecule has 0 bridgehead atoms. The van der Waals surface area contributed by atoms with Gasteiger partial charge in [-0.05, 0) is 115 Å². The van der Waals surface area contributed by atoms with Crippen molar-refractivity contribution in [3.63, 3.8) is 0 Å². The predicted octanol–water partition coefficient (Wildman–Crippen LogP) is 13.0. The molecule has 15 nitrogen and oxygen atoms in total. The van der Waals surface area contributed by atoms with Gasteiger partial charge < -0.3 is 18.6 Å². The molecule has 0 saturated carbocycles. The van der Waals surface area contributed by atoms with Crippen molar-refractivity contribution in [2.24, 2.45) is 14.1 Å². The topological polar surface area (TPSA) is 170 Å². The first kappa shape index (κ1) is 55.9. The van der Waals surface area contributed by atoms with Crippen LogP contribution in [0.15, 0.2) is 118 Å². The Bertz CT molecular complexity index is 3480. The quantitative estimate of drug-likeness (QED) is 0.0167. The standard InChI is InChI=1S/C57H65ClN6O9S2Si/c1-36-52-46(45(53(36)56(65)71-9)19-16-28-73-76(10,11)57(3,4)5)26-27-47(58)55(52)54-37(2)61(6)60-48(54)33-63(75(68,69)51-21-15-14-20-49(51)64(66)67)32-40-30-41(62(7)59-40)35-74-43-29-39-17-12-13-18-44(39)50(31-43)72-34-38-22-24-42(70-8)25-23-38/h12-15,17-18,20-27,29-31,45H,16,19,28,32-35H2,1-11H3. The molecule has 8 rings (SSSR count). The van der Waals surface area contributed by atoms with Gasteiger partial charge in [0.15, 0.2) is 13.2 Å². The number of nitrogens with zero attached hydrogens (tertiary/aromatic N) is 6. The number of carbonyl (C=O) groups is 1. The average molecular weight is 1110 g/mol. The smallest absolute Gasteiger partial charge is 0.334 e. The van der Waals surface area contributed by atoms with Gasteiger partial charge in [-0.3, -0.25) is 19.5 Å². The van der Waals surface area contributed by atoms with Crippen LogP contribution in [0, 0.1) is 17.0 Å². The minimum absolute atomic E-state index is 0.0384. The van der Waals surface area contributed by atoms with Crippen molar-refractivity contribution in [3.8, 4) is 22.6 Å². The van der Waals surface area contributed by atoms with E-state index in [0.29, 0.717) is 76.2 Å². The van der Waals surface area contributed by atoms with E-state index in [-0.39, 0.29) is 24.0 Å². The second-order valence-corrected chi connectivity index (χ2v) is 28.7. The molecule has 1 aliphatic carbocycles. The van der Waals surface area contributed by atoms with Crippen molar-refractivity contribution in [1.29, 1.82) is 0 Å². The number of allylic oxidation sites excluding steroid dienone is 1. The van der Waals surface area contributed by atoms with Crippen molar-refractivity contribution in [2.45, 2.75) is 107 Å². The third kappa shape index (κ3) is 11.5. The van der Waals surface area contributed by atoms with Crippen LogP contribution in [-0.4, -0.2) is 72.3 Å². The number of benzene rings is 5. The lowest BCUT2D eigenvalue weighted by Gasteiger charge is -2.36. The Balaban J connectivity index is 1.13. The number of hydrogen-bond donors (Lipinski definition) is 0. The molecule has 0 amide bonds. The summed E-state index contributed by atoms with van der Waals surface area (Å²) in [5.41, 5.74) is 6.75. The van der Waals surface area contributed by atoms with Gasteiger partial charge in [0.2, 0.25) is 0 Å². The minimum Gasteiger partial charge on any atom is -0.497 e. The highest BCUT2D eigenvalue weighted by molar-refractivity contribution is 7.98. The molecule has 1 atom stereocenters. The predicted molar refractivity (Wildman–Crippen MR) is 302 cm³/mol. The number of carbonyl (C=O) groups excluding carboxylic acids is 1. The Kier molecular flexibility index (Phi) is 16.7. The molecule has 400 valence electrons. The van der Waals surface area contributed by atoms with Crippen LogP contribution in [-0.2, 0) is 63.5 Å². The van der Waals surface area contributed by atoms with Crippen LogP contribution in [0.3, 0.4) is 0 Å². The number of ether oxygens (including phenoxy) is 3. The lowest BCUT2D eigenvalue weighted by atomic mass is 9.88. The zero-order valence-corrected chi connectivity index (χ0v) is 48.3. The number of aryl methyl sites for hydroxylation is 2. The fourth-order valence-corrected chi connectivity index (χ4v) is 13.4. The molecule has 2 heterocycles. The van der Waals surface area contributed by atoms with Crippen LogP contribution in [0.2, 0.25) is 23.2 Å². The molecule has 0 spiro atoms. The van der Waals surface area contributed by atoms with E-state index in [1.54, 1.807) is 42.3 Å². The molecule has 0 radical (unpaired) electrons. The highest BCUT2D eigenvalue weighted by Gasteiger charge is 2.40. The third-order valence-corrected chi connectivity index (χ3v) is 22.5. The van der Waals surface area contributed by atoms with Crippen molar-refractivity contribution in [2.75, 3.05) is 20.8 Å². The van der Waals surface area contributed by atoms with Crippen molar-refractivity contribution in [3.05, 3.63) is 163 Å². The number of sulfonamides is 1. The Morgan fingerprint density at radius 2 is 1.61 bits per heavy atom. The summed E-state index contributed by atoms with van der Waals surface area (Å²) in [5.74, 6) is 1.21. The maximum Gasteiger partial charge on any atom is 0.334 e. The van der Waals surface area contributed by atoms with Crippen molar-refractivity contribution in [1.82, 2.24) is 23.9 Å². The van der Waals surface area contributed by atoms with Crippen molar-refractivity contribution >= 4 is 69.7 Å². The second kappa shape index (κ2) is 22.7. The monoisotopic (exact) mass is 1100 g/mol. The molecule has 19 heteroatoms. The number of nitro benzene ring substituents is 1. The zero-order chi connectivity index (χ0) is 54.9. The molecule has 0 N–H and O–H groups in total. The lowest BCUT2D eigenvalue weighted by Crippen LogP contribution is -2.41. The molecule has 1 unspecified atom stereocenters. The Morgan fingerprint density at radius 3 is 2.30 bits per heavy atom. The fraction of sp³-hybridized carbons (Fsp3) is 0.351. The first-order valence-corrected chi connectivity index (χ1v) is 30.7. The molecule has 1 aliphatic rings. The van der Waals surface area contributed by atoms with Crippen LogP contribution < -0.4 is 9.47 Å². The van der Waals surface area contributed by atoms with Crippen LogP contribution in [0.4, 0.5) is 5.69 Å². The summed E-state index contributed by atoms with van der Waals surface area (Å²) < 4.78 is 58.4. The number of esters is 1. The molecule has 0 fully saturated rings. The van der Waals surface area contributed by atoms with Gasteiger partial charge in [0.1, 0.15) is 18.1 Å². The zero-order valence-electron chi connectivity index (χ0n) is 44.9. The molecule has 0 saturated heterocycles. The molecule has 7 aromatic rings. The van der Waals surface area contributed by atoms with E-state index in [0.717, 1.165) is 49.6 Å². The SMILES string of the molecule is COC(=O)C1=C(C)c2c(ccc(Cl)c2-c2c(CN(Cc3cc(CSc4cc(OCc5ccc(OC)cc5)c5ccccc5c4)n(C)n3)S(=O)(=O)c3ccccc3[N+](=O)[O-])nn(C)c2C)C1CCCO[Si](C)(C)C(C)(C)C. The van der Waals surface area contributed by atoms with Gasteiger partial charge >= 0.3 is 5.97 Å².